The Morgan fingerprint density at radius 3 is 2.50 bits per heavy atom. The molecule has 28 heavy (non-hydrogen) atoms. The highest BCUT2D eigenvalue weighted by Gasteiger charge is 2.10. The van der Waals surface area contributed by atoms with E-state index in [4.69, 9.17) is 9.47 Å². The van der Waals surface area contributed by atoms with Crippen LogP contribution in [0.5, 0.6) is 11.5 Å². The second kappa shape index (κ2) is 8.89. The normalized spacial score (nSPS) is 11.6. The summed E-state index contributed by atoms with van der Waals surface area (Å²) in [6.45, 7) is 11.0. The minimum atomic E-state index is -0.326. The Kier molecular flexibility index (Phi) is 6.31. The van der Waals surface area contributed by atoms with Crippen molar-refractivity contribution in [2.75, 3.05) is 13.2 Å². The van der Waals surface area contributed by atoms with Crippen LogP contribution in [0.2, 0.25) is 0 Å². The number of allylic oxidation sites excluding steroid dienone is 1. The fourth-order valence-corrected chi connectivity index (χ4v) is 4.09. The minimum absolute atomic E-state index is 0.117. The van der Waals surface area contributed by atoms with Crippen LogP contribution in [-0.4, -0.2) is 23.7 Å². The third-order valence-corrected chi connectivity index (χ3v) is 5.37. The molecule has 6 heteroatoms. The molecule has 0 saturated carbocycles. The van der Waals surface area contributed by atoms with E-state index in [2.05, 4.69) is 37.6 Å². The molecule has 0 radical (unpaired) electrons. The predicted molar refractivity (Wildman–Crippen MR) is 113 cm³/mol. The van der Waals surface area contributed by atoms with Gasteiger partial charge < -0.3 is 14.0 Å². The van der Waals surface area contributed by atoms with Gasteiger partial charge in [0.25, 0.3) is 5.91 Å². The number of aromatic nitrogens is 1. The molecule has 0 unspecified atom stereocenters. The van der Waals surface area contributed by atoms with Gasteiger partial charge in [0.1, 0.15) is 11.5 Å². The fraction of sp³-hybridized carbons (Fsp3) is 0.273. The van der Waals surface area contributed by atoms with E-state index in [1.165, 1.54) is 22.5 Å². The van der Waals surface area contributed by atoms with Crippen molar-refractivity contribution in [1.82, 2.24) is 4.57 Å². The summed E-state index contributed by atoms with van der Waals surface area (Å²) in [5.74, 6) is 1.05. The quantitative estimate of drug-likeness (QED) is 0.556. The van der Waals surface area contributed by atoms with Gasteiger partial charge in [-0.15, -0.1) is 6.58 Å². The van der Waals surface area contributed by atoms with Crippen molar-refractivity contribution < 1.29 is 14.3 Å². The average Bonchev–Trinajstić information content (AvgIpc) is 2.99. The number of hydrogen-bond donors (Lipinski definition) is 0. The first-order valence-corrected chi connectivity index (χ1v) is 9.98. The maximum Gasteiger partial charge on any atom is 0.286 e. The van der Waals surface area contributed by atoms with Gasteiger partial charge in [-0.25, -0.2) is 0 Å². The molecule has 5 nitrogen and oxygen atoms in total. The van der Waals surface area contributed by atoms with Crippen molar-refractivity contribution in [2.45, 2.75) is 27.3 Å². The predicted octanol–water partition coefficient (Wildman–Crippen LogP) is 4.41. The van der Waals surface area contributed by atoms with Crippen LogP contribution in [0, 0.1) is 13.8 Å². The largest absolute Gasteiger partial charge is 0.494 e. The molecule has 146 valence electrons. The van der Waals surface area contributed by atoms with Crippen molar-refractivity contribution in [3.8, 4) is 11.5 Å². The van der Waals surface area contributed by atoms with E-state index in [1.807, 2.05) is 29.7 Å². The van der Waals surface area contributed by atoms with Crippen LogP contribution >= 0.6 is 11.3 Å². The van der Waals surface area contributed by atoms with Gasteiger partial charge in [0.2, 0.25) is 0 Å². The Morgan fingerprint density at radius 2 is 1.86 bits per heavy atom. The molecular weight excluding hydrogens is 372 g/mol. The molecule has 0 aliphatic carbocycles. The lowest BCUT2D eigenvalue weighted by Crippen LogP contribution is -2.19. The maximum atomic E-state index is 12.4. The summed E-state index contributed by atoms with van der Waals surface area (Å²) in [6, 6.07) is 11.4. The van der Waals surface area contributed by atoms with E-state index in [9.17, 15) is 4.79 Å². The molecule has 2 aromatic carbocycles. The van der Waals surface area contributed by atoms with Gasteiger partial charge in [0.15, 0.2) is 11.4 Å². The highest BCUT2D eigenvalue weighted by atomic mass is 32.1. The number of carbonyl (C=O) groups excluding carboxylic acids is 1. The smallest absolute Gasteiger partial charge is 0.286 e. The average molecular weight is 397 g/mol. The standard InChI is InChI=1S/C22H24N2O3S/c1-5-11-24-19-13-15(3)12-16(4)21(19)28-22(24)23-20(25)14-27-18-9-7-17(8-10-18)26-6-2/h5,7-10,12-13H,1,6,11,14H2,2-4H3. The summed E-state index contributed by atoms with van der Waals surface area (Å²) in [5, 5.41) is 0. The van der Waals surface area contributed by atoms with Crippen LogP contribution in [-0.2, 0) is 11.3 Å². The van der Waals surface area contributed by atoms with Crippen molar-refractivity contribution in [3.63, 3.8) is 0 Å². The summed E-state index contributed by atoms with van der Waals surface area (Å²) in [6.07, 6.45) is 1.81. The molecule has 0 aliphatic rings. The lowest BCUT2D eigenvalue weighted by molar-refractivity contribution is -0.120. The lowest BCUT2D eigenvalue weighted by Gasteiger charge is -2.06. The number of amides is 1. The van der Waals surface area contributed by atoms with E-state index < -0.39 is 0 Å². The molecule has 0 fully saturated rings. The Balaban J connectivity index is 1.82. The second-order valence-corrected chi connectivity index (χ2v) is 7.39. The monoisotopic (exact) mass is 396 g/mol. The number of hydrogen-bond acceptors (Lipinski definition) is 4. The highest BCUT2D eigenvalue weighted by molar-refractivity contribution is 7.16. The molecule has 0 bridgehead atoms. The zero-order valence-corrected chi connectivity index (χ0v) is 17.2. The van der Waals surface area contributed by atoms with E-state index >= 15 is 0 Å². The van der Waals surface area contributed by atoms with Crippen molar-refractivity contribution in [1.29, 1.82) is 0 Å². The van der Waals surface area contributed by atoms with Gasteiger partial charge in [0.05, 0.1) is 16.8 Å². The van der Waals surface area contributed by atoms with Gasteiger partial charge in [-0.1, -0.05) is 23.5 Å². The van der Waals surface area contributed by atoms with Crippen molar-refractivity contribution >= 4 is 27.5 Å². The lowest BCUT2D eigenvalue weighted by atomic mass is 10.1. The third-order valence-electron chi connectivity index (χ3n) is 4.14. The number of fused-ring (bicyclic) bond motifs is 1. The number of aryl methyl sites for hydroxylation is 2. The number of benzene rings is 2. The summed E-state index contributed by atoms with van der Waals surface area (Å²) in [4.78, 5) is 17.3. The van der Waals surface area contributed by atoms with Crippen LogP contribution in [0.1, 0.15) is 18.1 Å². The second-order valence-electron chi connectivity index (χ2n) is 6.41. The first-order valence-electron chi connectivity index (χ1n) is 9.16. The fourth-order valence-electron chi connectivity index (χ4n) is 2.99. The number of carbonyl (C=O) groups is 1. The first-order chi connectivity index (χ1) is 13.5. The Labute approximate surface area is 168 Å². The molecule has 0 N–H and O–H groups in total. The van der Waals surface area contributed by atoms with Crippen LogP contribution in [0.3, 0.4) is 0 Å². The molecule has 0 spiro atoms. The molecule has 0 aliphatic heterocycles. The molecular formula is C22H24N2O3S. The van der Waals surface area contributed by atoms with Crippen molar-refractivity contribution in [2.24, 2.45) is 4.99 Å². The summed E-state index contributed by atoms with van der Waals surface area (Å²) < 4.78 is 14.1. The number of nitrogens with zero attached hydrogens (tertiary/aromatic N) is 2. The zero-order valence-electron chi connectivity index (χ0n) is 16.4. The van der Waals surface area contributed by atoms with E-state index in [0.29, 0.717) is 23.7 Å². The van der Waals surface area contributed by atoms with Crippen LogP contribution < -0.4 is 14.3 Å². The van der Waals surface area contributed by atoms with E-state index in [0.717, 1.165) is 16.0 Å². The molecule has 0 atom stereocenters. The van der Waals surface area contributed by atoms with E-state index in [1.54, 1.807) is 12.1 Å². The van der Waals surface area contributed by atoms with Gasteiger partial charge in [-0.2, -0.15) is 4.99 Å². The molecule has 1 heterocycles. The molecule has 1 aromatic heterocycles. The highest BCUT2D eigenvalue weighted by Crippen LogP contribution is 2.23. The summed E-state index contributed by atoms with van der Waals surface area (Å²) in [5.41, 5.74) is 3.43. The topological polar surface area (TPSA) is 52.8 Å². The Bertz CT molecular complexity index is 1060. The van der Waals surface area contributed by atoms with Gasteiger partial charge in [0, 0.05) is 6.54 Å². The zero-order chi connectivity index (χ0) is 20.1. The first kappa shape index (κ1) is 19.9. The van der Waals surface area contributed by atoms with E-state index in [-0.39, 0.29) is 12.5 Å². The Hall–Kier alpha value is -2.86. The molecule has 1 amide bonds. The Morgan fingerprint density at radius 1 is 1.18 bits per heavy atom. The van der Waals surface area contributed by atoms with Crippen molar-refractivity contribution in [3.05, 3.63) is 65.0 Å². The minimum Gasteiger partial charge on any atom is -0.494 e. The van der Waals surface area contributed by atoms with Crippen LogP contribution in [0.25, 0.3) is 10.2 Å². The van der Waals surface area contributed by atoms with Gasteiger partial charge in [-0.3, -0.25) is 4.79 Å². The number of ether oxygens (including phenoxy) is 2. The SMILES string of the molecule is C=CCn1c(=NC(=O)COc2ccc(OCC)cc2)sc2c(C)cc(C)cc21. The maximum absolute atomic E-state index is 12.4. The molecule has 0 saturated heterocycles. The third kappa shape index (κ3) is 4.51. The summed E-state index contributed by atoms with van der Waals surface area (Å²) >= 11 is 1.51. The van der Waals surface area contributed by atoms with Crippen LogP contribution in [0.15, 0.2) is 54.0 Å². The van der Waals surface area contributed by atoms with Gasteiger partial charge >= 0.3 is 0 Å². The molecule has 3 aromatic rings. The number of rotatable bonds is 7. The van der Waals surface area contributed by atoms with Crippen LogP contribution in [0.4, 0.5) is 0 Å². The molecule has 3 rings (SSSR count). The number of thiazole rings is 1. The van der Waals surface area contributed by atoms with Gasteiger partial charge in [-0.05, 0) is 62.2 Å². The summed E-state index contributed by atoms with van der Waals surface area (Å²) in [7, 11) is 0.